The van der Waals surface area contributed by atoms with E-state index in [0.29, 0.717) is 25.1 Å². The van der Waals surface area contributed by atoms with Crippen LogP contribution in [0.25, 0.3) is 0 Å². The van der Waals surface area contributed by atoms with Crippen LogP contribution in [0.15, 0.2) is 24.3 Å². The molecule has 1 heterocycles. The molecule has 1 aromatic rings. The van der Waals surface area contributed by atoms with Crippen molar-refractivity contribution < 1.29 is 14.3 Å². The number of aliphatic hydroxyl groups excluding tert-OH is 1. The van der Waals surface area contributed by atoms with Crippen LogP contribution in [0.2, 0.25) is 0 Å². The molecule has 0 spiro atoms. The third-order valence-electron chi connectivity index (χ3n) is 2.52. The Morgan fingerprint density at radius 1 is 1.53 bits per heavy atom. The molecule has 0 aliphatic carbocycles. The third-order valence-corrected chi connectivity index (χ3v) is 2.52. The molecule has 1 amide bonds. The average Bonchev–Trinajstić information content (AvgIpc) is 2.64. The molecular formula is C11H12FNO2. The van der Waals surface area contributed by atoms with Crippen LogP contribution in [0.3, 0.4) is 0 Å². The van der Waals surface area contributed by atoms with Crippen molar-refractivity contribution >= 4 is 5.91 Å². The van der Waals surface area contributed by atoms with E-state index in [2.05, 4.69) is 0 Å². The number of hydrogen-bond acceptors (Lipinski definition) is 2. The average molecular weight is 209 g/mol. The molecule has 80 valence electrons. The molecule has 1 aliphatic heterocycles. The first kappa shape index (κ1) is 10.1. The number of β-amino-alcohol motifs (C(OH)–C–C–N with tert-alkyl or cyclic N) is 1. The summed E-state index contributed by atoms with van der Waals surface area (Å²) in [5, 5.41) is 9.28. The molecule has 1 N–H and O–H groups in total. The van der Waals surface area contributed by atoms with Gasteiger partial charge in [0.1, 0.15) is 5.82 Å². The van der Waals surface area contributed by atoms with Crippen molar-refractivity contribution in [2.45, 2.75) is 12.5 Å². The number of hydrogen-bond donors (Lipinski definition) is 1. The summed E-state index contributed by atoms with van der Waals surface area (Å²) >= 11 is 0. The second-order valence-electron chi connectivity index (χ2n) is 3.70. The van der Waals surface area contributed by atoms with E-state index in [1.807, 2.05) is 0 Å². The van der Waals surface area contributed by atoms with E-state index in [4.69, 9.17) is 0 Å². The van der Waals surface area contributed by atoms with Crippen molar-refractivity contribution in [1.82, 2.24) is 4.90 Å². The number of nitrogens with zero attached hydrogens (tertiary/aromatic N) is 1. The highest BCUT2D eigenvalue weighted by Gasteiger charge is 2.25. The predicted octanol–water partition coefficient (Wildman–Crippen LogP) is 1.03. The molecule has 0 aromatic heterocycles. The van der Waals surface area contributed by atoms with Gasteiger partial charge in [-0.25, -0.2) is 4.39 Å². The lowest BCUT2D eigenvalue weighted by atomic mass is 10.2. The van der Waals surface area contributed by atoms with Gasteiger partial charge in [-0.05, 0) is 24.6 Å². The fraction of sp³-hybridized carbons (Fsp3) is 0.364. The van der Waals surface area contributed by atoms with E-state index < -0.39 is 11.9 Å². The molecule has 2 rings (SSSR count). The summed E-state index contributed by atoms with van der Waals surface area (Å²) in [5.41, 5.74) is 0.337. The Bertz CT molecular complexity index is 381. The zero-order chi connectivity index (χ0) is 10.8. The van der Waals surface area contributed by atoms with E-state index in [-0.39, 0.29) is 5.91 Å². The van der Waals surface area contributed by atoms with Gasteiger partial charge in [-0.1, -0.05) is 6.07 Å². The second-order valence-corrected chi connectivity index (χ2v) is 3.70. The number of carbonyl (C=O) groups is 1. The van der Waals surface area contributed by atoms with Gasteiger partial charge in [0.15, 0.2) is 0 Å². The molecule has 0 bridgehead atoms. The van der Waals surface area contributed by atoms with E-state index in [0.717, 1.165) is 0 Å². The molecule has 3 nitrogen and oxygen atoms in total. The van der Waals surface area contributed by atoms with Gasteiger partial charge < -0.3 is 10.0 Å². The van der Waals surface area contributed by atoms with E-state index in [1.165, 1.54) is 18.2 Å². The van der Waals surface area contributed by atoms with Gasteiger partial charge in [-0.15, -0.1) is 0 Å². The van der Waals surface area contributed by atoms with Gasteiger partial charge in [-0.3, -0.25) is 4.79 Å². The summed E-state index contributed by atoms with van der Waals surface area (Å²) in [7, 11) is 0. The summed E-state index contributed by atoms with van der Waals surface area (Å²) in [6.45, 7) is 0.881. The molecular weight excluding hydrogens is 197 g/mol. The van der Waals surface area contributed by atoms with Crippen LogP contribution in [0.5, 0.6) is 0 Å². The number of halogens is 1. The lowest BCUT2D eigenvalue weighted by Gasteiger charge is -2.15. The topological polar surface area (TPSA) is 40.5 Å². The Morgan fingerprint density at radius 3 is 2.93 bits per heavy atom. The lowest BCUT2D eigenvalue weighted by Crippen LogP contribution is -2.29. The summed E-state index contributed by atoms with van der Waals surface area (Å²) in [5.74, 6) is -0.633. The molecule has 1 fully saturated rings. The van der Waals surface area contributed by atoms with Crippen LogP contribution < -0.4 is 0 Å². The first-order chi connectivity index (χ1) is 7.16. The Balaban J connectivity index is 2.14. The second kappa shape index (κ2) is 3.98. The van der Waals surface area contributed by atoms with Crippen LogP contribution in [0.1, 0.15) is 16.8 Å². The van der Waals surface area contributed by atoms with Crippen molar-refractivity contribution in [3.63, 3.8) is 0 Å². The van der Waals surface area contributed by atoms with Gasteiger partial charge in [0, 0.05) is 18.7 Å². The summed E-state index contributed by atoms with van der Waals surface area (Å²) in [6.07, 6.45) is 0.156. The molecule has 0 radical (unpaired) electrons. The smallest absolute Gasteiger partial charge is 0.254 e. The number of benzene rings is 1. The molecule has 1 saturated heterocycles. The van der Waals surface area contributed by atoms with Crippen LogP contribution >= 0.6 is 0 Å². The number of aliphatic hydroxyl groups is 1. The quantitative estimate of drug-likeness (QED) is 0.750. The molecule has 1 atom stereocenters. The van der Waals surface area contributed by atoms with E-state index >= 15 is 0 Å². The number of rotatable bonds is 1. The van der Waals surface area contributed by atoms with Crippen molar-refractivity contribution in [3.05, 3.63) is 35.6 Å². The van der Waals surface area contributed by atoms with Gasteiger partial charge in [-0.2, -0.15) is 0 Å². The SMILES string of the molecule is O=C(c1cccc(F)c1)N1CCC(O)C1. The summed E-state index contributed by atoms with van der Waals surface area (Å²) < 4.78 is 12.9. The molecule has 1 unspecified atom stereocenters. The number of amides is 1. The van der Waals surface area contributed by atoms with Crippen LogP contribution in [0.4, 0.5) is 4.39 Å². The van der Waals surface area contributed by atoms with Gasteiger partial charge in [0.25, 0.3) is 5.91 Å². The first-order valence-corrected chi connectivity index (χ1v) is 4.90. The maximum absolute atomic E-state index is 12.9. The third kappa shape index (κ3) is 2.15. The van der Waals surface area contributed by atoms with Crippen molar-refractivity contribution in [2.75, 3.05) is 13.1 Å². The highest BCUT2D eigenvalue weighted by molar-refractivity contribution is 5.94. The Hall–Kier alpha value is -1.42. The molecule has 0 saturated carbocycles. The standard InChI is InChI=1S/C11H12FNO2/c12-9-3-1-2-8(6-9)11(15)13-5-4-10(14)7-13/h1-3,6,10,14H,4-5,7H2. The minimum Gasteiger partial charge on any atom is -0.391 e. The van der Waals surface area contributed by atoms with Crippen LogP contribution in [0, 0.1) is 5.82 Å². The minimum atomic E-state index is -0.442. The normalized spacial score (nSPS) is 20.7. The summed E-state index contributed by atoms with van der Waals surface area (Å²) in [4.78, 5) is 13.3. The molecule has 4 heteroatoms. The molecule has 15 heavy (non-hydrogen) atoms. The van der Waals surface area contributed by atoms with E-state index in [9.17, 15) is 14.3 Å². The van der Waals surface area contributed by atoms with Gasteiger partial charge in [0.2, 0.25) is 0 Å². The van der Waals surface area contributed by atoms with Crippen molar-refractivity contribution in [3.8, 4) is 0 Å². The molecule has 1 aliphatic rings. The Labute approximate surface area is 87.1 Å². The first-order valence-electron chi connectivity index (χ1n) is 4.90. The largest absolute Gasteiger partial charge is 0.391 e. The highest BCUT2D eigenvalue weighted by atomic mass is 19.1. The number of carbonyl (C=O) groups excluding carboxylic acids is 1. The minimum absolute atomic E-state index is 0.217. The van der Waals surface area contributed by atoms with Crippen LogP contribution in [-0.4, -0.2) is 35.1 Å². The molecule has 1 aromatic carbocycles. The number of likely N-dealkylation sites (tertiary alicyclic amines) is 1. The zero-order valence-electron chi connectivity index (χ0n) is 8.19. The lowest BCUT2D eigenvalue weighted by molar-refractivity contribution is 0.0764. The van der Waals surface area contributed by atoms with Gasteiger partial charge >= 0.3 is 0 Å². The summed E-state index contributed by atoms with van der Waals surface area (Å²) in [6, 6.07) is 5.60. The van der Waals surface area contributed by atoms with E-state index in [1.54, 1.807) is 11.0 Å². The van der Waals surface area contributed by atoms with Crippen molar-refractivity contribution in [1.29, 1.82) is 0 Å². The predicted molar refractivity (Wildman–Crippen MR) is 52.9 cm³/mol. The van der Waals surface area contributed by atoms with Crippen molar-refractivity contribution in [2.24, 2.45) is 0 Å². The highest BCUT2D eigenvalue weighted by Crippen LogP contribution is 2.14. The van der Waals surface area contributed by atoms with Gasteiger partial charge in [0.05, 0.1) is 6.10 Å². The maximum Gasteiger partial charge on any atom is 0.254 e. The zero-order valence-corrected chi connectivity index (χ0v) is 8.19. The van der Waals surface area contributed by atoms with Crippen LogP contribution in [-0.2, 0) is 0 Å². The fourth-order valence-electron chi connectivity index (χ4n) is 1.73. The fourth-order valence-corrected chi connectivity index (χ4v) is 1.73. The Morgan fingerprint density at radius 2 is 2.33 bits per heavy atom. The Kier molecular flexibility index (Phi) is 2.68. The monoisotopic (exact) mass is 209 g/mol. The maximum atomic E-state index is 12.9.